The molecule has 0 unspecified atom stereocenters. The highest BCUT2D eigenvalue weighted by atomic mass is 16.5. The molecule has 0 atom stereocenters. The minimum Gasteiger partial charge on any atom is -0.379 e. The number of hydrogen-bond acceptors (Lipinski definition) is 3. The fraction of sp³-hybridized carbons (Fsp3) is 0.875. The standard InChI is InChI=1S/C16H32N2O/c1-7-10-17(6)15(2,3)8-9-16(4,5)18-11-13-19-14-12-18/h7H,1,8-14H2,2-6H3. The first-order chi connectivity index (χ1) is 8.79. The van der Waals surface area contributed by atoms with Gasteiger partial charge >= 0.3 is 0 Å². The van der Waals surface area contributed by atoms with Crippen molar-refractivity contribution in [3.05, 3.63) is 12.7 Å². The van der Waals surface area contributed by atoms with Crippen molar-refractivity contribution in [2.45, 2.75) is 51.6 Å². The molecule has 1 heterocycles. The maximum atomic E-state index is 5.45. The maximum absolute atomic E-state index is 5.45. The molecule has 0 aromatic heterocycles. The molecule has 1 saturated heterocycles. The van der Waals surface area contributed by atoms with Gasteiger partial charge in [0.25, 0.3) is 0 Å². The summed E-state index contributed by atoms with van der Waals surface area (Å²) in [7, 11) is 2.18. The van der Waals surface area contributed by atoms with Crippen LogP contribution in [0.3, 0.4) is 0 Å². The maximum Gasteiger partial charge on any atom is 0.0594 e. The van der Waals surface area contributed by atoms with E-state index in [0.29, 0.717) is 0 Å². The molecule has 1 aliphatic heterocycles. The second kappa shape index (κ2) is 6.87. The zero-order valence-corrected chi connectivity index (χ0v) is 13.5. The number of morpholine rings is 1. The predicted molar refractivity (Wildman–Crippen MR) is 82.6 cm³/mol. The van der Waals surface area contributed by atoms with E-state index in [1.54, 1.807) is 0 Å². The summed E-state index contributed by atoms with van der Waals surface area (Å²) in [5.74, 6) is 0. The van der Waals surface area contributed by atoms with E-state index in [4.69, 9.17) is 4.74 Å². The predicted octanol–water partition coefficient (Wildman–Crippen LogP) is 2.77. The Morgan fingerprint density at radius 3 is 2.26 bits per heavy atom. The van der Waals surface area contributed by atoms with Gasteiger partial charge < -0.3 is 4.74 Å². The highest BCUT2D eigenvalue weighted by molar-refractivity contribution is 4.90. The molecular formula is C16H32N2O. The number of rotatable bonds is 7. The summed E-state index contributed by atoms with van der Waals surface area (Å²) in [6.45, 7) is 18.0. The molecule has 0 amide bonds. The van der Waals surface area contributed by atoms with Gasteiger partial charge in [-0.1, -0.05) is 6.08 Å². The van der Waals surface area contributed by atoms with Crippen LogP contribution in [0.5, 0.6) is 0 Å². The van der Waals surface area contributed by atoms with Crippen molar-refractivity contribution in [3.8, 4) is 0 Å². The normalized spacial score (nSPS) is 18.8. The Balaban J connectivity index is 2.50. The van der Waals surface area contributed by atoms with E-state index in [0.717, 1.165) is 32.8 Å². The summed E-state index contributed by atoms with van der Waals surface area (Å²) < 4.78 is 5.45. The monoisotopic (exact) mass is 268 g/mol. The third-order valence-corrected chi connectivity index (χ3v) is 4.65. The summed E-state index contributed by atoms with van der Waals surface area (Å²) in [6, 6.07) is 0. The zero-order valence-electron chi connectivity index (χ0n) is 13.5. The van der Waals surface area contributed by atoms with Gasteiger partial charge in [-0.15, -0.1) is 6.58 Å². The van der Waals surface area contributed by atoms with Crippen molar-refractivity contribution in [3.63, 3.8) is 0 Å². The van der Waals surface area contributed by atoms with Crippen LogP contribution in [0.25, 0.3) is 0 Å². The Labute approximate surface area is 119 Å². The second-order valence-corrected chi connectivity index (χ2v) is 6.89. The largest absolute Gasteiger partial charge is 0.379 e. The van der Waals surface area contributed by atoms with Crippen LogP contribution in [0.1, 0.15) is 40.5 Å². The van der Waals surface area contributed by atoms with Gasteiger partial charge in [0, 0.05) is 30.7 Å². The number of hydrogen-bond donors (Lipinski definition) is 0. The van der Waals surface area contributed by atoms with Crippen LogP contribution >= 0.6 is 0 Å². The minimum atomic E-state index is 0.220. The molecule has 0 aromatic rings. The van der Waals surface area contributed by atoms with Gasteiger partial charge in [0.05, 0.1) is 13.2 Å². The van der Waals surface area contributed by atoms with Gasteiger partial charge in [-0.2, -0.15) is 0 Å². The van der Waals surface area contributed by atoms with E-state index in [1.165, 1.54) is 12.8 Å². The number of ether oxygens (including phenoxy) is 1. The van der Waals surface area contributed by atoms with E-state index in [2.05, 4.69) is 51.1 Å². The molecule has 0 aliphatic carbocycles. The van der Waals surface area contributed by atoms with Gasteiger partial charge in [0.15, 0.2) is 0 Å². The Bertz CT molecular complexity index is 280. The lowest BCUT2D eigenvalue weighted by molar-refractivity contribution is -0.0177. The molecule has 0 saturated carbocycles. The summed E-state index contributed by atoms with van der Waals surface area (Å²) in [6.07, 6.45) is 4.39. The first-order valence-electron chi connectivity index (χ1n) is 7.44. The summed E-state index contributed by atoms with van der Waals surface area (Å²) >= 11 is 0. The first kappa shape index (κ1) is 16.7. The quantitative estimate of drug-likeness (QED) is 0.660. The molecule has 1 fully saturated rings. The van der Waals surface area contributed by atoms with Crippen LogP contribution in [0, 0.1) is 0 Å². The lowest BCUT2D eigenvalue weighted by Crippen LogP contribution is -2.51. The van der Waals surface area contributed by atoms with Crippen LogP contribution < -0.4 is 0 Å². The summed E-state index contributed by atoms with van der Waals surface area (Å²) in [5.41, 5.74) is 0.480. The highest BCUT2D eigenvalue weighted by Crippen LogP contribution is 2.28. The average molecular weight is 268 g/mol. The van der Waals surface area contributed by atoms with Gasteiger partial charge in [-0.25, -0.2) is 0 Å². The van der Waals surface area contributed by atoms with E-state index in [-0.39, 0.29) is 11.1 Å². The van der Waals surface area contributed by atoms with Crippen LogP contribution in [0.15, 0.2) is 12.7 Å². The van der Waals surface area contributed by atoms with Crippen molar-refractivity contribution in [1.82, 2.24) is 9.80 Å². The third kappa shape index (κ3) is 4.90. The zero-order chi connectivity index (χ0) is 14.5. The van der Waals surface area contributed by atoms with E-state index < -0.39 is 0 Å². The molecule has 0 radical (unpaired) electrons. The molecule has 19 heavy (non-hydrogen) atoms. The SMILES string of the molecule is C=CCN(C)C(C)(C)CCC(C)(C)N1CCOCC1. The molecular weight excluding hydrogens is 236 g/mol. The Kier molecular flexibility index (Phi) is 6.03. The lowest BCUT2D eigenvalue weighted by atomic mass is 9.87. The molecule has 1 rings (SSSR count). The first-order valence-corrected chi connectivity index (χ1v) is 7.44. The van der Waals surface area contributed by atoms with Crippen LogP contribution in [0.2, 0.25) is 0 Å². The topological polar surface area (TPSA) is 15.7 Å². The van der Waals surface area contributed by atoms with E-state index in [1.807, 2.05) is 6.08 Å². The number of nitrogens with zero attached hydrogens (tertiary/aromatic N) is 2. The molecule has 3 nitrogen and oxygen atoms in total. The second-order valence-electron chi connectivity index (χ2n) is 6.89. The summed E-state index contributed by atoms with van der Waals surface area (Å²) in [5, 5.41) is 0. The van der Waals surface area contributed by atoms with Crippen molar-refractivity contribution in [1.29, 1.82) is 0 Å². The van der Waals surface area contributed by atoms with Crippen LogP contribution in [-0.2, 0) is 4.74 Å². The van der Waals surface area contributed by atoms with E-state index in [9.17, 15) is 0 Å². The van der Waals surface area contributed by atoms with Crippen molar-refractivity contribution in [2.24, 2.45) is 0 Å². The molecule has 1 aliphatic rings. The molecule has 0 aromatic carbocycles. The smallest absolute Gasteiger partial charge is 0.0594 e. The van der Waals surface area contributed by atoms with Crippen molar-refractivity contribution in [2.75, 3.05) is 39.9 Å². The van der Waals surface area contributed by atoms with Crippen LogP contribution in [-0.4, -0.2) is 60.8 Å². The van der Waals surface area contributed by atoms with Crippen molar-refractivity contribution < 1.29 is 4.74 Å². The fourth-order valence-electron chi connectivity index (χ4n) is 2.57. The third-order valence-electron chi connectivity index (χ3n) is 4.65. The highest BCUT2D eigenvalue weighted by Gasteiger charge is 2.31. The van der Waals surface area contributed by atoms with Crippen molar-refractivity contribution >= 4 is 0 Å². The van der Waals surface area contributed by atoms with Crippen LogP contribution in [0.4, 0.5) is 0 Å². The van der Waals surface area contributed by atoms with Gasteiger partial charge in [0.2, 0.25) is 0 Å². The number of likely N-dealkylation sites (N-methyl/N-ethyl adjacent to an activating group) is 1. The van der Waals surface area contributed by atoms with Gasteiger partial charge in [-0.05, 0) is 47.6 Å². The average Bonchev–Trinajstić information content (AvgIpc) is 2.38. The Morgan fingerprint density at radius 2 is 1.74 bits per heavy atom. The Hall–Kier alpha value is -0.380. The molecule has 3 heteroatoms. The minimum absolute atomic E-state index is 0.220. The van der Waals surface area contributed by atoms with Gasteiger partial charge in [-0.3, -0.25) is 9.80 Å². The molecule has 0 spiro atoms. The molecule has 112 valence electrons. The molecule has 0 bridgehead atoms. The fourth-order valence-corrected chi connectivity index (χ4v) is 2.57. The Morgan fingerprint density at radius 1 is 1.16 bits per heavy atom. The molecule has 0 N–H and O–H groups in total. The lowest BCUT2D eigenvalue weighted by Gasteiger charge is -2.44. The summed E-state index contributed by atoms with van der Waals surface area (Å²) in [4.78, 5) is 4.95. The van der Waals surface area contributed by atoms with E-state index >= 15 is 0 Å². The van der Waals surface area contributed by atoms with Gasteiger partial charge in [0.1, 0.15) is 0 Å².